The predicted molar refractivity (Wildman–Crippen MR) is 173 cm³/mol. The summed E-state index contributed by atoms with van der Waals surface area (Å²) in [6.07, 6.45) is 7.18. The minimum Gasteiger partial charge on any atom is -0.443 e. The molecule has 2 aromatic carbocycles. The molecule has 1 fully saturated rings. The maximum Gasteiger partial charge on any atom is 0.419 e. The first-order chi connectivity index (χ1) is 20.2. The number of benzene rings is 2. The Balaban J connectivity index is 1.64. The molecule has 8 heteroatoms. The van der Waals surface area contributed by atoms with Crippen LogP contribution in [0, 0.1) is 0 Å². The Hall–Kier alpha value is -3.65. The Kier molecular flexibility index (Phi) is 8.45. The van der Waals surface area contributed by atoms with Gasteiger partial charge in [0.15, 0.2) is 0 Å². The van der Waals surface area contributed by atoms with Crippen LogP contribution in [0.5, 0.6) is 0 Å². The minimum atomic E-state index is -0.689. The third kappa shape index (κ3) is 6.49. The van der Waals surface area contributed by atoms with Crippen LogP contribution < -0.4 is 9.80 Å². The Morgan fingerprint density at radius 3 is 2.23 bits per heavy atom. The highest BCUT2D eigenvalue weighted by atomic mass is 16.6. The van der Waals surface area contributed by atoms with E-state index >= 15 is 0 Å². The number of amides is 2. The van der Waals surface area contributed by atoms with Crippen molar-refractivity contribution >= 4 is 29.1 Å². The summed E-state index contributed by atoms with van der Waals surface area (Å²) in [7, 11) is 0. The summed E-state index contributed by atoms with van der Waals surface area (Å²) in [5.41, 5.74) is 4.57. The Morgan fingerprint density at radius 2 is 1.63 bits per heavy atom. The molecule has 0 radical (unpaired) electrons. The molecule has 0 unspecified atom stereocenters. The average molecular weight is 586 g/mol. The number of piperidine rings is 1. The maximum absolute atomic E-state index is 14.1. The molecule has 2 aliphatic rings. The number of anilines is 3. The monoisotopic (exact) mass is 585 g/mol. The molecule has 1 aromatic heterocycles. The number of aromatic nitrogens is 2. The summed E-state index contributed by atoms with van der Waals surface area (Å²) < 4.78 is 8.10. The maximum atomic E-state index is 14.1. The first kappa shape index (κ1) is 30.8. The number of nitrogens with zero attached hydrogens (tertiary/aromatic N) is 5. The molecule has 0 bridgehead atoms. The van der Waals surface area contributed by atoms with Crippen LogP contribution in [0.1, 0.15) is 86.3 Å². The van der Waals surface area contributed by atoms with Crippen molar-refractivity contribution in [3.8, 4) is 11.1 Å². The van der Waals surface area contributed by atoms with Crippen LogP contribution in [0.25, 0.3) is 11.1 Å². The van der Waals surface area contributed by atoms with Crippen LogP contribution in [0.15, 0.2) is 54.9 Å². The second-order valence-corrected chi connectivity index (χ2v) is 14.0. The number of hydrogen-bond acceptors (Lipinski definition) is 5. The highest BCUT2D eigenvalue weighted by Gasteiger charge is 2.35. The van der Waals surface area contributed by atoms with E-state index < -0.39 is 11.7 Å². The number of fused-ring (bicyclic) bond motifs is 1. The number of para-hydroxylation sites is 1. The highest BCUT2D eigenvalue weighted by molar-refractivity contribution is 6.05. The molecule has 230 valence electrons. The fraction of sp³-hybridized carbons (Fsp3) is 0.514. The van der Waals surface area contributed by atoms with Gasteiger partial charge in [-0.1, -0.05) is 24.3 Å². The molecule has 1 saturated heterocycles. The summed E-state index contributed by atoms with van der Waals surface area (Å²) in [6, 6.07) is 14.1. The molecular formula is C35H47N5O3. The number of likely N-dealkylation sites (tertiary alicyclic amines) is 1. The van der Waals surface area contributed by atoms with Crippen molar-refractivity contribution in [3.63, 3.8) is 0 Å². The summed E-state index contributed by atoms with van der Waals surface area (Å²) in [5.74, 6) is -0.00917. The lowest BCUT2D eigenvalue weighted by molar-refractivity contribution is -0.117. The van der Waals surface area contributed by atoms with Crippen molar-refractivity contribution < 1.29 is 14.3 Å². The molecular weight excluding hydrogens is 538 g/mol. The van der Waals surface area contributed by atoms with Gasteiger partial charge in [-0.05, 0) is 92.3 Å². The van der Waals surface area contributed by atoms with Gasteiger partial charge in [0.2, 0.25) is 5.91 Å². The molecule has 3 aromatic rings. The van der Waals surface area contributed by atoms with Gasteiger partial charge >= 0.3 is 6.09 Å². The van der Waals surface area contributed by atoms with Crippen molar-refractivity contribution in [1.82, 2.24) is 14.7 Å². The normalized spacial score (nSPS) is 18.3. The second-order valence-electron chi connectivity index (χ2n) is 14.0. The number of carbonyl (C=O) groups excluding carboxylic acids is 2. The van der Waals surface area contributed by atoms with E-state index in [2.05, 4.69) is 43.5 Å². The quantitative estimate of drug-likeness (QED) is 0.313. The topological polar surface area (TPSA) is 70.9 Å². The summed E-state index contributed by atoms with van der Waals surface area (Å²) in [5, 5.41) is 4.85. The van der Waals surface area contributed by atoms with Crippen molar-refractivity contribution in [2.75, 3.05) is 22.9 Å². The minimum absolute atomic E-state index is 0.00917. The molecule has 8 nitrogen and oxygen atoms in total. The van der Waals surface area contributed by atoms with Crippen molar-refractivity contribution in [1.29, 1.82) is 0 Å². The zero-order chi connectivity index (χ0) is 31.1. The van der Waals surface area contributed by atoms with Gasteiger partial charge in [-0.25, -0.2) is 9.69 Å². The Morgan fingerprint density at radius 1 is 0.953 bits per heavy atom. The predicted octanol–water partition coefficient (Wildman–Crippen LogP) is 7.75. The Labute approximate surface area is 256 Å². The first-order valence-corrected chi connectivity index (χ1v) is 15.6. The fourth-order valence-electron chi connectivity index (χ4n) is 6.47. The van der Waals surface area contributed by atoms with E-state index in [1.807, 2.05) is 74.3 Å². The van der Waals surface area contributed by atoms with Gasteiger partial charge in [-0.3, -0.25) is 14.4 Å². The van der Waals surface area contributed by atoms with Gasteiger partial charge in [0.1, 0.15) is 5.60 Å². The van der Waals surface area contributed by atoms with Crippen LogP contribution in [-0.2, 0) is 16.0 Å². The Bertz CT molecular complexity index is 1460. The van der Waals surface area contributed by atoms with E-state index in [1.54, 1.807) is 11.8 Å². The van der Waals surface area contributed by atoms with Crippen molar-refractivity contribution in [2.24, 2.45) is 0 Å². The van der Waals surface area contributed by atoms with E-state index in [4.69, 9.17) is 9.84 Å². The molecule has 0 aliphatic carbocycles. The van der Waals surface area contributed by atoms with E-state index in [9.17, 15) is 9.59 Å². The van der Waals surface area contributed by atoms with Gasteiger partial charge in [0, 0.05) is 60.2 Å². The summed E-state index contributed by atoms with van der Waals surface area (Å²) in [6.45, 7) is 18.2. The molecule has 0 saturated carbocycles. The SMILES string of the molecule is CC(=O)N1c2ccc(-c3cnn(C4CCN(C(C)(C)C)CC4)c3)c(N(C(=O)OC(C)(C)C)c3ccccc3)c2CC[C@@H]1C. The molecule has 0 spiro atoms. The third-order valence-electron chi connectivity index (χ3n) is 8.62. The van der Waals surface area contributed by atoms with Gasteiger partial charge in [-0.2, -0.15) is 5.10 Å². The van der Waals surface area contributed by atoms with E-state index in [-0.39, 0.29) is 17.5 Å². The summed E-state index contributed by atoms with van der Waals surface area (Å²) in [4.78, 5) is 33.0. The number of carbonyl (C=O) groups is 2. The van der Waals surface area contributed by atoms with Gasteiger partial charge in [0.05, 0.1) is 23.6 Å². The molecule has 43 heavy (non-hydrogen) atoms. The van der Waals surface area contributed by atoms with Crippen molar-refractivity contribution in [3.05, 3.63) is 60.4 Å². The largest absolute Gasteiger partial charge is 0.443 e. The van der Waals surface area contributed by atoms with Crippen LogP contribution >= 0.6 is 0 Å². The van der Waals surface area contributed by atoms with Crippen LogP contribution in [0.4, 0.5) is 21.9 Å². The molecule has 2 aliphatic heterocycles. The van der Waals surface area contributed by atoms with Crippen LogP contribution in [-0.4, -0.2) is 57.0 Å². The van der Waals surface area contributed by atoms with Gasteiger partial charge in [0.25, 0.3) is 0 Å². The third-order valence-corrected chi connectivity index (χ3v) is 8.62. The smallest absolute Gasteiger partial charge is 0.419 e. The lowest BCUT2D eigenvalue weighted by Crippen LogP contribution is -2.46. The lowest BCUT2D eigenvalue weighted by atomic mass is 9.90. The number of rotatable bonds is 4. The lowest BCUT2D eigenvalue weighted by Gasteiger charge is -2.40. The zero-order valence-electron chi connectivity index (χ0n) is 27.1. The van der Waals surface area contributed by atoms with E-state index in [0.29, 0.717) is 11.7 Å². The standard InChI is InChI=1S/C35H47N5O3/c1-24-14-15-30-31(39(24)25(2)41)17-16-29(26-22-36-38(23-26)27-18-20-37(21-19-27)34(3,4)5)32(30)40(28-12-10-9-11-13-28)33(42)43-35(6,7)8/h9-13,16-17,22-24,27H,14-15,18-21H2,1-8H3/t24-/m0/s1. The summed E-state index contributed by atoms with van der Waals surface area (Å²) >= 11 is 0. The average Bonchev–Trinajstić information content (AvgIpc) is 3.42. The zero-order valence-corrected chi connectivity index (χ0v) is 27.1. The number of hydrogen-bond donors (Lipinski definition) is 0. The second kappa shape index (κ2) is 11.8. The molecule has 5 rings (SSSR count). The van der Waals surface area contributed by atoms with E-state index in [0.717, 1.165) is 66.8 Å². The van der Waals surface area contributed by atoms with Crippen LogP contribution in [0.2, 0.25) is 0 Å². The fourth-order valence-corrected chi connectivity index (χ4v) is 6.47. The molecule has 0 N–H and O–H groups in total. The number of ether oxygens (including phenoxy) is 1. The van der Waals surface area contributed by atoms with Gasteiger partial charge < -0.3 is 9.64 Å². The highest BCUT2D eigenvalue weighted by Crippen LogP contribution is 2.46. The van der Waals surface area contributed by atoms with Crippen LogP contribution in [0.3, 0.4) is 0 Å². The van der Waals surface area contributed by atoms with E-state index in [1.165, 1.54) is 0 Å². The van der Waals surface area contributed by atoms with Gasteiger partial charge in [-0.15, -0.1) is 0 Å². The first-order valence-electron chi connectivity index (χ1n) is 15.6. The molecule has 2 amide bonds. The molecule has 1 atom stereocenters. The molecule has 3 heterocycles. The van der Waals surface area contributed by atoms with Crippen molar-refractivity contribution in [2.45, 2.75) is 104 Å².